The van der Waals surface area contributed by atoms with Gasteiger partial charge >= 0.3 is 0 Å². The Morgan fingerprint density at radius 2 is 1.24 bits per heavy atom. The Kier molecular flexibility index (Phi) is 13.2. The van der Waals surface area contributed by atoms with Gasteiger partial charge in [0.15, 0.2) is 0 Å². The molecule has 0 amide bonds. The van der Waals surface area contributed by atoms with E-state index in [4.69, 9.17) is 23.7 Å². The lowest BCUT2D eigenvalue weighted by atomic mass is 10.1. The van der Waals surface area contributed by atoms with E-state index in [0.717, 1.165) is 6.42 Å². The molecule has 5 nitrogen and oxygen atoms in total. The molecule has 0 bridgehead atoms. The van der Waals surface area contributed by atoms with Crippen LogP contribution in [0.2, 0.25) is 0 Å². The second-order valence-corrected chi connectivity index (χ2v) is 5.25. The van der Waals surface area contributed by atoms with Gasteiger partial charge in [-0.15, -0.1) is 0 Å². The molecular weight excluding hydrogens is 272 g/mol. The Bertz CT molecular complexity index is 197. The highest BCUT2D eigenvalue weighted by molar-refractivity contribution is 4.58. The van der Waals surface area contributed by atoms with Crippen LogP contribution in [0, 0.1) is 0 Å². The summed E-state index contributed by atoms with van der Waals surface area (Å²) in [5, 5.41) is 0. The molecule has 5 heteroatoms. The first kappa shape index (κ1) is 18.8. The fourth-order valence-electron chi connectivity index (χ4n) is 2.16. The lowest BCUT2D eigenvalue weighted by Crippen LogP contribution is -2.23. The molecular formula is C16H32O5. The summed E-state index contributed by atoms with van der Waals surface area (Å²) in [4.78, 5) is 0. The third-order valence-electron chi connectivity index (χ3n) is 3.38. The van der Waals surface area contributed by atoms with Gasteiger partial charge in [-0.1, -0.05) is 32.6 Å². The Balaban J connectivity index is 2.20. The van der Waals surface area contributed by atoms with Crippen LogP contribution in [0.3, 0.4) is 0 Å². The molecule has 0 aromatic rings. The molecule has 0 spiro atoms. The van der Waals surface area contributed by atoms with Gasteiger partial charge in [-0.3, -0.25) is 0 Å². The summed E-state index contributed by atoms with van der Waals surface area (Å²) in [6.07, 6.45) is 6.26. The first-order valence-corrected chi connectivity index (χ1v) is 8.36. The normalized spacial score (nSPS) is 24.1. The maximum atomic E-state index is 5.87. The molecule has 0 saturated carbocycles. The number of hydrogen-bond acceptors (Lipinski definition) is 5. The molecule has 1 rings (SSSR count). The first-order valence-electron chi connectivity index (χ1n) is 8.36. The van der Waals surface area contributed by atoms with E-state index in [2.05, 4.69) is 6.92 Å². The van der Waals surface area contributed by atoms with E-state index in [0.29, 0.717) is 59.5 Å². The van der Waals surface area contributed by atoms with Crippen LogP contribution in [0.1, 0.15) is 39.0 Å². The smallest absolute Gasteiger partial charge is 0.0809 e. The standard InChI is InChI=1S/C16H32O5/c1-2-3-4-5-6-16-15-20-12-11-18-8-7-17-9-10-19-13-14-21-16/h16H,2-15H2,1H3. The van der Waals surface area contributed by atoms with Crippen LogP contribution < -0.4 is 0 Å². The molecule has 0 radical (unpaired) electrons. The maximum Gasteiger partial charge on any atom is 0.0809 e. The van der Waals surface area contributed by atoms with Crippen LogP contribution in [0.5, 0.6) is 0 Å². The Morgan fingerprint density at radius 3 is 1.86 bits per heavy atom. The number of rotatable bonds is 5. The SMILES string of the molecule is CCCCCCC1COCCOCCOCCOCCO1. The van der Waals surface area contributed by atoms with Crippen LogP contribution in [0.25, 0.3) is 0 Å². The highest BCUT2D eigenvalue weighted by atomic mass is 16.6. The van der Waals surface area contributed by atoms with Crippen LogP contribution in [-0.2, 0) is 23.7 Å². The minimum atomic E-state index is 0.173. The van der Waals surface area contributed by atoms with Crippen molar-refractivity contribution in [3.8, 4) is 0 Å². The van der Waals surface area contributed by atoms with E-state index in [1.54, 1.807) is 0 Å². The quantitative estimate of drug-likeness (QED) is 0.730. The number of unbranched alkanes of at least 4 members (excludes halogenated alkanes) is 3. The molecule has 126 valence electrons. The Morgan fingerprint density at radius 1 is 0.667 bits per heavy atom. The fraction of sp³-hybridized carbons (Fsp3) is 1.00. The lowest BCUT2D eigenvalue weighted by molar-refractivity contribution is -0.0491. The largest absolute Gasteiger partial charge is 0.377 e. The van der Waals surface area contributed by atoms with Gasteiger partial charge in [0.2, 0.25) is 0 Å². The van der Waals surface area contributed by atoms with Crippen LogP contribution in [-0.4, -0.2) is 65.6 Å². The summed E-state index contributed by atoms with van der Waals surface area (Å²) < 4.78 is 27.8. The Hall–Kier alpha value is -0.200. The van der Waals surface area contributed by atoms with E-state index < -0.39 is 0 Å². The summed E-state index contributed by atoms with van der Waals surface area (Å²) in [6.45, 7) is 7.79. The highest BCUT2D eigenvalue weighted by Crippen LogP contribution is 2.09. The van der Waals surface area contributed by atoms with E-state index >= 15 is 0 Å². The average molecular weight is 304 g/mol. The summed E-state index contributed by atoms with van der Waals surface area (Å²) in [5.41, 5.74) is 0. The molecule has 21 heavy (non-hydrogen) atoms. The van der Waals surface area contributed by atoms with Crippen LogP contribution in [0.15, 0.2) is 0 Å². The highest BCUT2D eigenvalue weighted by Gasteiger charge is 2.09. The molecule has 1 atom stereocenters. The van der Waals surface area contributed by atoms with Gasteiger partial charge in [0, 0.05) is 0 Å². The minimum absolute atomic E-state index is 0.173. The van der Waals surface area contributed by atoms with Crippen molar-refractivity contribution in [2.24, 2.45) is 0 Å². The Labute approximate surface area is 129 Å². The molecule has 1 aliphatic heterocycles. The zero-order valence-electron chi connectivity index (χ0n) is 13.5. The van der Waals surface area contributed by atoms with Gasteiger partial charge in [-0.2, -0.15) is 0 Å². The van der Waals surface area contributed by atoms with E-state index in [1.165, 1.54) is 25.7 Å². The average Bonchev–Trinajstić information content (AvgIpc) is 2.51. The van der Waals surface area contributed by atoms with Crippen molar-refractivity contribution in [1.82, 2.24) is 0 Å². The predicted molar refractivity (Wildman–Crippen MR) is 81.8 cm³/mol. The van der Waals surface area contributed by atoms with Crippen molar-refractivity contribution in [2.75, 3.05) is 59.5 Å². The number of ether oxygens (including phenoxy) is 5. The van der Waals surface area contributed by atoms with Gasteiger partial charge in [0.1, 0.15) is 0 Å². The molecule has 1 unspecified atom stereocenters. The molecule has 0 aromatic heterocycles. The monoisotopic (exact) mass is 304 g/mol. The molecule has 0 aromatic carbocycles. The first-order chi connectivity index (χ1) is 10.4. The van der Waals surface area contributed by atoms with Gasteiger partial charge in [-0.05, 0) is 6.42 Å². The second-order valence-electron chi connectivity index (χ2n) is 5.25. The predicted octanol–water partition coefficient (Wildman–Crippen LogP) is 2.42. The fourth-order valence-corrected chi connectivity index (χ4v) is 2.16. The zero-order chi connectivity index (χ0) is 15.0. The van der Waals surface area contributed by atoms with Gasteiger partial charge < -0.3 is 23.7 Å². The summed E-state index contributed by atoms with van der Waals surface area (Å²) in [5.74, 6) is 0. The molecule has 1 aliphatic rings. The number of hydrogen-bond donors (Lipinski definition) is 0. The summed E-state index contributed by atoms with van der Waals surface area (Å²) >= 11 is 0. The third kappa shape index (κ3) is 12.1. The van der Waals surface area contributed by atoms with E-state index in [1.807, 2.05) is 0 Å². The molecule has 0 N–H and O–H groups in total. The van der Waals surface area contributed by atoms with Crippen molar-refractivity contribution in [3.63, 3.8) is 0 Å². The topological polar surface area (TPSA) is 46.2 Å². The maximum absolute atomic E-state index is 5.87. The molecule has 1 saturated heterocycles. The van der Waals surface area contributed by atoms with Gasteiger partial charge in [0.25, 0.3) is 0 Å². The van der Waals surface area contributed by atoms with Gasteiger partial charge in [-0.25, -0.2) is 0 Å². The second kappa shape index (κ2) is 14.7. The molecule has 1 fully saturated rings. The van der Waals surface area contributed by atoms with Crippen molar-refractivity contribution in [2.45, 2.75) is 45.1 Å². The van der Waals surface area contributed by atoms with Crippen molar-refractivity contribution < 1.29 is 23.7 Å². The molecule has 0 aliphatic carbocycles. The van der Waals surface area contributed by atoms with Gasteiger partial charge in [0.05, 0.1) is 65.6 Å². The summed E-state index contributed by atoms with van der Waals surface area (Å²) in [7, 11) is 0. The van der Waals surface area contributed by atoms with Crippen molar-refractivity contribution in [3.05, 3.63) is 0 Å². The van der Waals surface area contributed by atoms with Crippen molar-refractivity contribution in [1.29, 1.82) is 0 Å². The molecule has 1 heterocycles. The van der Waals surface area contributed by atoms with E-state index in [-0.39, 0.29) is 6.10 Å². The van der Waals surface area contributed by atoms with Crippen LogP contribution in [0.4, 0.5) is 0 Å². The van der Waals surface area contributed by atoms with Crippen molar-refractivity contribution >= 4 is 0 Å². The zero-order valence-corrected chi connectivity index (χ0v) is 13.5. The van der Waals surface area contributed by atoms with Crippen LogP contribution >= 0.6 is 0 Å². The minimum Gasteiger partial charge on any atom is -0.377 e. The lowest BCUT2D eigenvalue weighted by Gasteiger charge is -2.18. The summed E-state index contributed by atoms with van der Waals surface area (Å²) in [6, 6.07) is 0. The third-order valence-corrected chi connectivity index (χ3v) is 3.38. The van der Waals surface area contributed by atoms with E-state index in [9.17, 15) is 0 Å².